The van der Waals surface area contributed by atoms with Gasteiger partial charge in [-0.2, -0.15) is 0 Å². The first-order valence-corrected chi connectivity index (χ1v) is 8.83. The molecule has 2 rings (SSSR count). The van der Waals surface area contributed by atoms with Gasteiger partial charge in [-0.05, 0) is 42.8 Å². The standard InChI is InChI=1S/C15H14BrNO3S/c1-10-6-7-11(16)8-14(10)15(18)17-12-4-3-5-13(9-12)21(2,19)20/h3-9H,1-2H3,(H,17,18). The van der Waals surface area contributed by atoms with E-state index in [-0.39, 0.29) is 10.8 Å². The summed E-state index contributed by atoms with van der Waals surface area (Å²) in [7, 11) is -3.30. The number of carbonyl (C=O) groups is 1. The summed E-state index contributed by atoms with van der Waals surface area (Å²) in [5.74, 6) is -0.278. The van der Waals surface area contributed by atoms with Gasteiger partial charge in [0.15, 0.2) is 9.84 Å². The van der Waals surface area contributed by atoms with E-state index in [0.717, 1.165) is 16.3 Å². The van der Waals surface area contributed by atoms with Crippen molar-refractivity contribution in [2.75, 3.05) is 11.6 Å². The molecule has 1 N–H and O–H groups in total. The Balaban J connectivity index is 2.30. The lowest BCUT2D eigenvalue weighted by atomic mass is 10.1. The van der Waals surface area contributed by atoms with E-state index in [4.69, 9.17) is 0 Å². The molecule has 4 nitrogen and oxygen atoms in total. The van der Waals surface area contributed by atoms with E-state index in [9.17, 15) is 13.2 Å². The highest BCUT2D eigenvalue weighted by atomic mass is 79.9. The molecule has 0 bridgehead atoms. The van der Waals surface area contributed by atoms with Crippen LogP contribution in [0.2, 0.25) is 0 Å². The zero-order valence-corrected chi connectivity index (χ0v) is 14.0. The summed E-state index contributed by atoms with van der Waals surface area (Å²) in [6, 6.07) is 11.6. The molecule has 21 heavy (non-hydrogen) atoms. The van der Waals surface area contributed by atoms with Crippen LogP contribution in [-0.2, 0) is 9.84 Å². The maximum atomic E-state index is 12.3. The number of hydrogen-bond donors (Lipinski definition) is 1. The maximum Gasteiger partial charge on any atom is 0.255 e. The molecule has 0 aliphatic carbocycles. The van der Waals surface area contributed by atoms with Crippen LogP contribution in [-0.4, -0.2) is 20.6 Å². The van der Waals surface area contributed by atoms with Gasteiger partial charge in [0.1, 0.15) is 0 Å². The molecule has 6 heteroatoms. The Bertz CT molecular complexity index is 800. The van der Waals surface area contributed by atoms with Crippen molar-refractivity contribution < 1.29 is 13.2 Å². The molecule has 2 aromatic carbocycles. The number of anilines is 1. The van der Waals surface area contributed by atoms with Crippen LogP contribution in [0, 0.1) is 6.92 Å². The normalized spacial score (nSPS) is 11.2. The number of halogens is 1. The van der Waals surface area contributed by atoms with Gasteiger partial charge in [-0.15, -0.1) is 0 Å². The van der Waals surface area contributed by atoms with E-state index in [1.54, 1.807) is 18.2 Å². The molecule has 0 saturated carbocycles. The molecule has 0 aromatic heterocycles. The molecule has 0 radical (unpaired) electrons. The Labute approximate surface area is 132 Å². The van der Waals surface area contributed by atoms with Gasteiger partial charge in [-0.25, -0.2) is 8.42 Å². The number of nitrogens with one attached hydrogen (secondary N) is 1. The lowest BCUT2D eigenvalue weighted by Crippen LogP contribution is -2.13. The second-order valence-corrected chi connectivity index (χ2v) is 7.64. The van der Waals surface area contributed by atoms with Crippen molar-refractivity contribution in [2.24, 2.45) is 0 Å². The minimum Gasteiger partial charge on any atom is -0.322 e. The molecule has 0 aliphatic rings. The summed E-state index contributed by atoms with van der Waals surface area (Å²) in [4.78, 5) is 12.4. The molecule has 1 amide bonds. The Morgan fingerprint density at radius 1 is 1.14 bits per heavy atom. The molecule has 0 saturated heterocycles. The topological polar surface area (TPSA) is 63.2 Å². The highest BCUT2D eigenvalue weighted by Crippen LogP contribution is 2.19. The van der Waals surface area contributed by atoms with Crippen molar-refractivity contribution in [1.82, 2.24) is 0 Å². The molecule has 0 aliphatic heterocycles. The van der Waals surface area contributed by atoms with Crippen molar-refractivity contribution in [3.05, 3.63) is 58.1 Å². The summed E-state index contributed by atoms with van der Waals surface area (Å²) in [5, 5.41) is 2.71. The lowest BCUT2D eigenvalue weighted by molar-refractivity contribution is 0.102. The number of amides is 1. The summed E-state index contributed by atoms with van der Waals surface area (Å²) in [6.07, 6.45) is 1.13. The lowest BCUT2D eigenvalue weighted by Gasteiger charge is -2.09. The zero-order valence-electron chi connectivity index (χ0n) is 11.6. The quantitative estimate of drug-likeness (QED) is 0.903. The van der Waals surface area contributed by atoms with Crippen molar-refractivity contribution in [3.63, 3.8) is 0 Å². The first kappa shape index (κ1) is 15.7. The summed E-state index contributed by atoms with van der Waals surface area (Å²) in [5.41, 5.74) is 1.83. The highest BCUT2D eigenvalue weighted by Gasteiger charge is 2.12. The van der Waals surface area contributed by atoms with E-state index in [2.05, 4.69) is 21.2 Å². The Morgan fingerprint density at radius 3 is 2.52 bits per heavy atom. The Morgan fingerprint density at radius 2 is 1.86 bits per heavy atom. The van der Waals surface area contributed by atoms with E-state index < -0.39 is 9.84 Å². The van der Waals surface area contributed by atoms with Crippen LogP contribution in [0.4, 0.5) is 5.69 Å². The second kappa shape index (κ2) is 5.99. The van der Waals surface area contributed by atoms with Gasteiger partial charge in [0.05, 0.1) is 4.90 Å². The van der Waals surface area contributed by atoms with Gasteiger partial charge in [0, 0.05) is 22.0 Å². The number of sulfone groups is 1. The molecule has 0 fully saturated rings. The van der Waals surface area contributed by atoms with Gasteiger partial charge < -0.3 is 5.32 Å². The molecule has 0 unspecified atom stereocenters. The highest BCUT2D eigenvalue weighted by molar-refractivity contribution is 9.10. The predicted molar refractivity (Wildman–Crippen MR) is 86.4 cm³/mol. The second-order valence-electron chi connectivity index (χ2n) is 4.71. The van der Waals surface area contributed by atoms with Crippen molar-refractivity contribution >= 4 is 37.4 Å². The van der Waals surface area contributed by atoms with E-state index >= 15 is 0 Å². The number of benzene rings is 2. The smallest absolute Gasteiger partial charge is 0.255 e. The first-order chi connectivity index (χ1) is 9.77. The SMILES string of the molecule is Cc1ccc(Br)cc1C(=O)Nc1cccc(S(C)(=O)=O)c1. The van der Waals surface area contributed by atoms with Crippen LogP contribution in [0.3, 0.4) is 0 Å². The Hall–Kier alpha value is -1.66. The maximum absolute atomic E-state index is 12.3. The van der Waals surface area contributed by atoms with E-state index in [1.165, 1.54) is 12.1 Å². The summed E-state index contributed by atoms with van der Waals surface area (Å²) in [6.45, 7) is 1.84. The zero-order chi connectivity index (χ0) is 15.6. The molecular formula is C15H14BrNO3S. The average molecular weight is 368 g/mol. The molecule has 2 aromatic rings. The van der Waals surface area contributed by atoms with Crippen LogP contribution >= 0.6 is 15.9 Å². The minimum absolute atomic E-state index is 0.172. The number of hydrogen-bond acceptors (Lipinski definition) is 3. The molecule has 0 spiro atoms. The third-order valence-electron chi connectivity index (χ3n) is 2.96. The van der Waals surface area contributed by atoms with Crippen molar-refractivity contribution in [2.45, 2.75) is 11.8 Å². The van der Waals surface area contributed by atoms with Gasteiger partial charge in [-0.3, -0.25) is 4.79 Å². The monoisotopic (exact) mass is 367 g/mol. The number of carbonyl (C=O) groups excluding carboxylic acids is 1. The number of aryl methyl sites for hydroxylation is 1. The summed E-state index contributed by atoms with van der Waals surface area (Å²) < 4.78 is 23.8. The molecule has 110 valence electrons. The van der Waals surface area contributed by atoms with E-state index in [1.807, 2.05) is 19.1 Å². The fourth-order valence-electron chi connectivity index (χ4n) is 1.84. The van der Waals surface area contributed by atoms with Crippen LogP contribution in [0.25, 0.3) is 0 Å². The third kappa shape index (κ3) is 3.92. The van der Waals surface area contributed by atoms with Crippen molar-refractivity contribution in [1.29, 1.82) is 0 Å². The first-order valence-electron chi connectivity index (χ1n) is 6.15. The minimum atomic E-state index is -3.30. The fraction of sp³-hybridized carbons (Fsp3) is 0.133. The van der Waals surface area contributed by atoms with E-state index in [0.29, 0.717) is 11.3 Å². The van der Waals surface area contributed by atoms with Crippen molar-refractivity contribution in [3.8, 4) is 0 Å². The largest absolute Gasteiger partial charge is 0.322 e. The van der Waals surface area contributed by atoms with Gasteiger partial charge >= 0.3 is 0 Å². The summed E-state index contributed by atoms with van der Waals surface area (Å²) >= 11 is 3.33. The molecule has 0 atom stereocenters. The fourth-order valence-corrected chi connectivity index (χ4v) is 2.87. The number of rotatable bonds is 3. The Kier molecular flexibility index (Phi) is 4.49. The molecule has 0 heterocycles. The molecular weight excluding hydrogens is 354 g/mol. The van der Waals surface area contributed by atoms with Crippen LogP contribution in [0.5, 0.6) is 0 Å². The van der Waals surface area contributed by atoms with Gasteiger partial charge in [-0.1, -0.05) is 28.1 Å². The predicted octanol–water partition coefficient (Wildman–Crippen LogP) is 3.41. The van der Waals surface area contributed by atoms with Gasteiger partial charge in [0.2, 0.25) is 0 Å². The third-order valence-corrected chi connectivity index (χ3v) is 4.57. The van der Waals surface area contributed by atoms with Crippen LogP contribution < -0.4 is 5.32 Å². The van der Waals surface area contributed by atoms with Crippen LogP contribution in [0.1, 0.15) is 15.9 Å². The van der Waals surface area contributed by atoms with Crippen LogP contribution in [0.15, 0.2) is 51.8 Å². The average Bonchev–Trinajstić information content (AvgIpc) is 2.41. The van der Waals surface area contributed by atoms with Gasteiger partial charge in [0.25, 0.3) is 5.91 Å².